The number of aromatic amines is 1. The molecule has 7 nitrogen and oxygen atoms in total. The molecule has 0 atom stereocenters. The van der Waals surface area contributed by atoms with E-state index in [1.807, 2.05) is 62.4 Å². The summed E-state index contributed by atoms with van der Waals surface area (Å²) in [6, 6.07) is 27.0. The van der Waals surface area contributed by atoms with E-state index in [9.17, 15) is 9.59 Å². The number of esters is 1. The fourth-order valence-electron chi connectivity index (χ4n) is 4.29. The summed E-state index contributed by atoms with van der Waals surface area (Å²) in [5.41, 5.74) is 6.97. The summed E-state index contributed by atoms with van der Waals surface area (Å²) in [5.74, 6) is 0.0502. The van der Waals surface area contributed by atoms with Crippen molar-refractivity contribution >= 4 is 40.6 Å². The number of aromatic nitrogens is 1. The van der Waals surface area contributed by atoms with Crippen LogP contribution in [0.4, 0.5) is 0 Å². The second-order valence-corrected chi connectivity index (χ2v) is 9.39. The van der Waals surface area contributed by atoms with Crippen LogP contribution in [0, 0.1) is 6.92 Å². The normalized spacial score (nSPS) is 11.1. The highest BCUT2D eigenvalue weighted by atomic mass is 35.5. The molecule has 4 aromatic carbocycles. The molecule has 2 N–H and O–H groups in total. The third-order valence-corrected chi connectivity index (χ3v) is 6.56. The molecule has 8 heteroatoms. The van der Waals surface area contributed by atoms with Crippen LogP contribution in [0.25, 0.3) is 22.0 Å². The number of amides is 1. The zero-order valence-corrected chi connectivity index (χ0v) is 22.7. The highest BCUT2D eigenvalue weighted by molar-refractivity contribution is 6.34. The molecule has 0 saturated heterocycles. The van der Waals surface area contributed by atoms with Gasteiger partial charge in [-0.2, -0.15) is 5.10 Å². The lowest BCUT2D eigenvalue weighted by atomic mass is 10.0. The first kappa shape index (κ1) is 26.7. The van der Waals surface area contributed by atoms with Crippen molar-refractivity contribution in [2.45, 2.75) is 13.8 Å². The number of ether oxygens (including phenoxy) is 2. The number of halogens is 1. The number of hydrazone groups is 1. The van der Waals surface area contributed by atoms with Crippen LogP contribution in [-0.2, 0) is 0 Å². The van der Waals surface area contributed by atoms with Crippen molar-refractivity contribution in [3.63, 3.8) is 0 Å². The first-order valence-corrected chi connectivity index (χ1v) is 13.1. The average molecular weight is 552 g/mol. The van der Waals surface area contributed by atoms with Crippen molar-refractivity contribution in [1.82, 2.24) is 10.4 Å². The van der Waals surface area contributed by atoms with Crippen molar-refractivity contribution < 1.29 is 19.1 Å². The van der Waals surface area contributed by atoms with Gasteiger partial charge in [-0.3, -0.25) is 4.79 Å². The summed E-state index contributed by atoms with van der Waals surface area (Å²) >= 11 is 6.54. The number of para-hydroxylation sites is 1. The molecule has 1 aromatic heterocycles. The quantitative estimate of drug-likeness (QED) is 0.0924. The minimum atomic E-state index is -0.487. The van der Waals surface area contributed by atoms with Crippen LogP contribution >= 0.6 is 11.6 Å². The highest BCUT2D eigenvalue weighted by Gasteiger charge is 2.21. The topological polar surface area (TPSA) is 92.8 Å². The third-order valence-electron chi connectivity index (χ3n) is 6.23. The monoisotopic (exact) mass is 551 g/mol. The van der Waals surface area contributed by atoms with Crippen molar-refractivity contribution in [3.05, 3.63) is 118 Å². The molecule has 5 aromatic rings. The molecule has 5 rings (SSSR count). The molecule has 1 amide bonds. The molecule has 0 aliphatic heterocycles. The summed E-state index contributed by atoms with van der Waals surface area (Å²) in [4.78, 5) is 29.2. The van der Waals surface area contributed by atoms with Crippen LogP contribution in [0.1, 0.15) is 38.9 Å². The summed E-state index contributed by atoms with van der Waals surface area (Å²) in [5, 5.41) is 5.45. The molecule has 0 fully saturated rings. The Balaban J connectivity index is 1.42. The molecule has 0 unspecified atom stereocenters. The number of hydrogen-bond acceptors (Lipinski definition) is 5. The molecule has 0 saturated carbocycles. The fourth-order valence-corrected chi connectivity index (χ4v) is 4.52. The number of carbonyl (C=O) groups excluding carboxylic acids is 2. The van der Waals surface area contributed by atoms with E-state index >= 15 is 0 Å². The van der Waals surface area contributed by atoms with Gasteiger partial charge in [-0.15, -0.1) is 0 Å². The zero-order chi connectivity index (χ0) is 28.1. The van der Waals surface area contributed by atoms with Crippen LogP contribution in [0.5, 0.6) is 11.5 Å². The van der Waals surface area contributed by atoms with E-state index in [1.165, 1.54) is 6.21 Å². The summed E-state index contributed by atoms with van der Waals surface area (Å²) in [6.45, 7) is 4.37. The summed E-state index contributed by atoms with van der Waals surface area (Å²) < 4.78 is 11.3. The number of aryl methyl sites for hydroxylation is 1. The van der Waals surface area contributed by atoms with E-state index in [2.05, 4.69) is 15.5 Å². The molecule has 200 valence electrons. The predicted octanol–water partition coefficient (Wildman–Crippen LogP) is 7.18. The van der Waals surface area contributed by atoms with Gasteiger partial charge < -0.3 is 14.5 Å². The van der Waals surface area contributed by atoms with Crippen LogP contribution < -0.4 is 14.9 Å². The molecule has 0 bridgehead atoms. The fraction of sp³-hybridized carbons (Fsp3) is 0.0938. The molecule has 0 radical (unpaired) electrons. The average Bonchev–Trinajstić information content (AvgIpc) is 3.33. The zero-order valence-electron chi connectivity index (χ0n) is 21.9. The lowest BCUT2D eigenvalue weighted by molar-refractivity contribution is 0.0734. The summed E-state index contributed by atoms with van der Waals surface area (Å²) in [6.07, 6.45) is 1.43. The van der Waals surface area contributed by atoms with Crippen molar-refractivity contribution in [1.29, 1.82) is 0 Å². The van der Waals surface area contributed by atoms with Gasteiger partial charge >= 0.3 is 5.97 Å². The van der Waals surface area contributed by atoms with Gasteiger partial charge in [0.1, 0.15) is 17.2 Å². The number of nitrogens with one attached hydrogen (secondary N) is 2. The number of benzene rings is 4. The van der Waals surface area contributed by atoms with Gasteiger partial charge in [-0.25, -0.2) is 10.2 Å². The molecule has 40 heavy (non-hydrogen) atoms. The second kappa shape index (κ2) is 11.9. The van der Waals surface area contributed by atoms with Crippen molar-refractivity contribution in [2.75, 3.05) is 6.61 Å². The minimum Gasteiger partial charge on any atom is -0.494 e. The number of H-pyrrole nitrogens is 1. The Morgan fingerprint density at radius 2 is 1.73 bits per heavy atom. The number of hydrogen-bond donors (Lipinski definition) is 2. The van der Waals surface area contributed by atoms with Gasteiger partial charge in [0.25, 0.3) is 5.91 Å². The Morgan fingerprint density at radius 3 is 2.50 bits per heavy atom. The Kier molecular flexibility index (Phi) is 7.94. The Bertz CT molecular complexity index is 1720. The van der Waals surface area contributed by atoms with Crippen LogP contribution in [0.2, 0.25) is 5.02 Å². The van der Waals surface area contributed by atoms with Crippen molar-refractivity contribution in [2.24, 2.45) is 5.10 Å². The van der Waals surface area contributed by atoms with Gasteiger partial charge in [0, 0.05) is 32.6 Å². The molecule has 0 aliphatic rings. The van der Waals surface area contributed by atoms with Gasteiger partial charge in [0.15, 0.2) is 0 Å². The highest BCUT2D eigenvalue weighted by Crippen LogP contribution is 2.38. The van der Waals surface area contributed by atoms with Crippen molar-refractivity contribution in [3.8, 4) is 22.6 Å². The molecular weight excluding hydrogens is 526 g/mol. The summed E-state index contributed by atoms with van der Waals surface area (Å²) in [7, 11) is 0. The minimum absolute atomic E-state index is 0.299. The van der Waals surface area contributed by atoms with E-state index in [0.717, 1.165) is 16.5 Å². The molecular formula is C32H26ClN3O4. The van der Waals surface area contributed by atoms with Gasteiger partial charge in [0.2, 0.25) is 0 Å². The van der Waals surface area contributed by atoms with Gasteiger partial charge in [-0.1, -0.05) is 59.6 Å². The van der Waals surface area contributed by atoms with E-state index in [0.29, 0.717) is 51.1 Å². The molecule has 0 aliphatic carbocycles. The maximum Gasteiger partial charge on any atom is 0.343 e. The van der Waals surface area contributed by atoms with E-state index < -0.39 is 11.9 Å². The largest absolute Gasteiger partial charge is 0.494 e. The SMILES string of the molecule is CCOc1ccc2[nH]c(C(=O)NN=Cc3ccccc3OC(=O)c3ccc(C)cc3)c(-c3ccccc3Cl)c2c1. The number of nitrogens with zero attached hydrogens (tertiary/aromatic N) is 1. The standard InChI is InChI=1S/C32H26ClN3O4/c1-3-39-23-16-17-27-25(18-23)29(24-9-5-6-10-26(24)33)30(35-27)31(37)36-34-19-22-8-4-7-11-28(22)40-32(38)21-14-12-20(2)13-15-21/h4-19,35H,3H2,1-2H3,(H,36,37). The van der Waals surface area contributed by atoms with Gasteiger partial charge in [-0.05, 0) is 62.4 Å². The molecule has 1 heterocycles. The maximum atomic E-state index is 13.4. The Hall–Kier alpha value is -4.88. The number of fused-ring (bicyclic) bond motifs is 1. The van der Waals surface area contributed by atoms with Crippen LogP contribution in [0.3, 0.4) is 0 Å². The number of carbonyl (C=O) groups is 2. The maximum absolute atomic E-state index is 13.4. The van der Waals surface area contributed by atoms with Gasteiger partial charge in [0.05, 0.1) is 18.4 Å². The first-order valence-electron chi connectivity index (χ1n) is 12.7. The Labute approximate surface area is 236 Å². The predicted molar refractivity (Wildman–Crippen MR) is 158 cm³/mol. The third kappa shape index (κ3) is 5.75. The van der Waals surface area contributed by atoms with E-state index in [1.54, 1.807) is 42.5 Å². The van der Waals surface area contributed by atoms with Crippen LogP contribution in [0.15, 0.2) is 96.1 Å². The first-order chi connectivity index (χ1) is 19.4. The number of rotatable bonds is 8. The second-order valence-electron chi connectivity index (χ2n) is 8.99. The molecule has 0 spiro atoms. The lowest BCUT2D eigenvalue weighted by Crippen LogP contribution is -2.19. The smallest absolute Gasteiger partial charge is 0.343 e. The van der Waals surface area contributed by atoms with E-state index in [-0.39, 0.29) is 0 Å². The lowest BCUT2D eigenvalue weighted by Gasteiger charge is -2.08. The van der Waals surface area contributed by atoms with Crippen LogP contribution in [-0.4, -0.2) is 29.7 Å². The van der Waals surface area contributed by atoms with E-state index in [4.69, 9.17) is 21.1 Å². The Morgan fingerprint density at radius 1 is 0.975 bits per heavy atom.